The Labute approximate surface area is 132 Å². The molecular weight excluding hydrogens is 311 g/mol. The molecule has 0 unspecified atom stereocenters. The number of hydrogen-bond acceptors (Lipinski definition) is 3. The number of alkyl halides is 3. The monoisotopic (exact) mass is 329 g/mol. The molecule has 7 heteroatoms. The van der Waals surface area contributed by atoms with Gasteiger partial charge in [0.1, 0.15) is 5.75 Å². The Balaban J connectivity index is 1.61. The van der Waals surface area contributed by atoms with Gasteiger partial charge in [0.2, 0.25) is 0 Å². The molecule has 1 amide bonds. The van der Waals surface area contributed by atoms with Crippen molar-refractivity contribution in [2.75, 3.05) is 19.7 Å². The van der Waals surface area contributed by atoms with Gasteiger partial charge in [-0.1, -0.05) is 0 Å². The lowest BCUT2D eigenvalue weighted by Crippen LogP contribution is -2.42. The van der Waals surface area contributed by atoms with Crippen molar-refractivity contribution < 1.29 is 27.4 Å². The lowest BCUT2D eigenvalue weighted by molar-refractivity contribution is -0.345. The standard InChI is InChI=1S/C16H18F3NO3/c17-16(18,19)23-13-5-7-20(8-6-13)15(21)12-3-4-14-11(10-12)2-1-9-22-14/h3-4,10,13H,1-2,5-9H2. The van der Waals surface area contributed by atoms with E-state index in [1.165, 1.54) is 0 Å². The topological polar surface area (TPSA) is 38.8 Å². The van der Waals surface area contributed by atoms with Gasteiger partial charge >= 0.3 is 6.36 Å². The van der Waals surface area contributed by atoms with Crippen LogP contribution in [-0.4, -0.2) is 43.0 Å². The van der Waals surface area contributed by atoms with Crippen LogP contribution in [-0.2, 0) is 11.2 Å². The van der Waals surface area contributed by atoms with Crippen LogP contribution in [0, 0.1) is 0 Å². The number of ether oxygens (including phenoxy) is 2. The fourth-order valence-electron chi connectivity index (χ4n) is 3.04. The summed E-state index contributed by atoms with van der Waals surface area (Å²) >= 11 is 0. The minimum atomic E-state index is -4.62. The largest absolute Gasteiger partial charge is 0.522 e. The van der Waals surface area contributed by atoms with Crippen LogP contribution >= 0.6 is 0 Å². The number of fused-ring (bicyclic) bond motifs is 1. The first-order valence-electron chi connectivity index (χ1n) is 7.72. The first kappa shape index (κ1) is 16.1. The number of likely N-dealkylation sites (tertiary alicyclic amines) is 1. The van der Waals surface area contributed by atoms with Crippen LogP contribution in [0.5, 0.6) is 5.75 Å². The van der Waals surface area contributed by atoms with E-state index in [9.17, 15) is 18.0 Å². The summed E-state index contributed by atoms with van der Waals surface area (Å²) in [7, 11) is 0. The molecule has 3 rings (SSSR count). The lowest BCUT2D eigenvalue weighted by atomic mass is 10.0. The summed E-state index contributed by atoms with van der Waals surface area (Å²) in [6.45, 7) is 1.23. The Hall–Kier alpha value is -1.76. The maximum Gasteiger partial charge on any atom is 0.522 e. The second-order valence-electron chi connectivity index (χ2n) is 5.83. The summed E-state index contributed by atoms with van der Waals surface area (Å²) in [6, 6.07) is 5.33. The van der Waals surface area contributed by atoms with E-state index in [0.29, 0.717) is 12.2 Å². The van der Waals surface area contributed by atoms with Gasteiger partial charge in [-0.3, -0.25) is 9.53 Å². The van der Waals surface area contributed by atoms with E-state index in [4.69, 9.17) is 4.74 Å². The highest BCUT2D eigenvalue weighted by Gasteiger charge is 2.35. The Kier molecular flexibility index (Phi) is 4.48. The molecule has 0 N–H and O–H groups in total. The number of rotatable bonds is 2. The summed E-state index contributed by atoms with van der Waals surface area (Å²) in [5, 5.41) is 0. The van der Waals surface area contributed by atoms with Gasteiger partial charge in [0, 0.05) is 18.7 Å². The molecule has 23 heavy (non-hydrogen) atoms. The van der Waals surface area contributed by atoms with Crippen molar-refractivity contribution in [2.45, 2.75) is 38.1 Å². The third-order valence-electron chi connectivity index (χ3n) is 4.18. The van der Waals surface area contributed by atoms with E-state index in [0.717, 1.165) is 24.2 Å². The number of nitrogens with zero attached hydrogens (tertiary/aromatic N) is 1. The van der Waals surface area contributed by atoms with Crippen LogP contribution in [0.1, 0.15) is 35.2 Å². The van der Waals surface area contributed by atoms with Crippen molar-refractivity contribution in [3.8, 4) is 5.75 Å². The highest BCUT2D eigenvalue weighted by atomic mass is 19.4. The van der Waals surface area contributed by atoms with Gasteiger partial charge in [0.15, 0.2) is 0 Å². The summed E-state index contributed by atoms with van der Waals surface area (Å²) in [6.07, 6.45) is -3.30. The highest BCUT2D eigenvalue weighted by molar-refractivity contribution is 5.94. The number of piperidine rings is 1. The zero-order chi connectivity index (χ0) is 16.4. The highest BCUT2D eigenvalue weighted by Crippen LogP contribution is 2.28. The first-order chi connectivity index (χ1) is 10.9. The van der Waals surface area contributed by atoms with Gasteiger partial charge in [0.25, 0.3) is 5.91 Å². The lowest BCUT2D eigenvalue weighted by Gasteiger charge is -2.32. The van der Waals surface area contributed by atoms with Gasteiger partial charge in [-0.05, 0) is 49.4 Å². The molecular formula is C16H18F3NO3. The van der Waals surface area contributed by atoms with Crippen molar-refractivity contribution in [3.05, 3.63) is 29.3 Å². The minimum absolute atomic E-state index is 0.149. The third-order valence-corrected chi connectivity index (χ3v) is 4.18. The maximum absolute atomic E-state index is 12.5. The van der Waals surface area contributed by atoms with E-state index in [2.05, 4.69) is 4.74 Å². The predicted octanol–water partition coefficient (Wildman–Crippen LogP) is 3.15. The van der Waals surface area contributed by atoms with Gasteiger partial charge in [-0.25, -0.2) is 0 Å². The van der Waals surface area contributed by atoms with E-state index in [1.807, 2.05) is 6.07 Å². The Morgan fingerprint density at radius 2 is 2.00 bits per heavy atom. The molecule has 1 fully saturated rings. The Morgan fingerprint density at radius 3 is 2.70 bits per heavy atom. The van der Waals surface area contributed by atoms with Gasteiger partial charge in [-0.2, -0.15) is 0 Å². The summed E-state index contributed by atoms with van der Waals surface area (Å²) in [5.74, 6) is 0.661. The molecule has 1 saturated heterocycles. The van der Waals surface area contributed by atoms with E-state index < -0.39 is 12.5 Å². The maximum atomic E-state index is 12.5. The number of carbonyl (C=O) groups is 1. The van der Waals surface area contributed by atoms with Gasteiger partial charge in [-0.15, -0.1) is 13.2 Å². The molecule has 0 bridgehead atoms. The average molecular weight is 329 g/mol. The SMILES string of the molecule is O=C(c1ccc2c(c1)CCCO2)N1CCC(OC(F)(F)F)CC1. The van der Waals surface area contributed by atoms with Crippen molar-refractivity contribution in [3.63, 3.8) is 0 Å². The molecule has 1 aromatic rings. The fraction of sp³-hybridized carbons (Fsp3) is 0.562. The minimum Gasteiger partial charge on any atom is -0.493 e. The van der Waals surface area contributed by atoms with Crippen molar-refractivity contribution in [1.29, 1.82) is 0 Å². The van der Waals surface area contributed by atoms with Crippen molar-refractivity contribution in [1.82, 2.24) is 4.90 Å². The molecule has 126 valence electrons. The van der Waals surface area contributed by atoms with Crippen LogP contribution in [0.25, 0.3) is 0 Å². The Morgan fingerprint density at radius 1 is 1.26 bits per heavy atom. The summed E-state index contributed by atoms with van der Waals surface area (Å²) < 4.78 is 46.2. The zero-order valence-corrected chi connectivity index (χ0v) is 12.6. The molecule has 0 spiro atoms. The molecule has 1 aromatic carbocycles. The molecule has 2 aliphatic heterocycles. The molecule has 0 atom stereocenters. The Bertz CT molecular complexity index is 580. The first-order valence-corrected chi connectivity index (χ1v) is 7.72. The van der Waals surface area contributed by atoms with E-state index >= 15 is 0 Å². The number of hydrogen-bond donors (Lipinski definition) is 0. The number of halogens is 3. The quantitative estimate of drug-likeness (QED) is 0.837. The number of benzene rings is 1. The molecule has 0 aromatic heterocycles. The fourth-order valence-corrected chi connectivity index (χ4v) is 3.04. The van der Waals surface area contributed by atoms with Crippen molar-refractivity contribution in [2.24, 2.45) is 0 Å². The van der Waals surface area contributed by atoms with E-state index in [-0.39, 0.29) is 31.8 Å². The van der Waals surface area contributed by atoms with Crippen LogP contribution in [0.2, 0.25) is 0 Å². The summed E-state index contributed by atoms with van der Waals surface area (Å²) in [5.41, 5.74) is 1.57. The second-order valence-corrected chi connectivity index (χ2v) is 5.83. The van der Waals surface area contributed by atoms with Gasteiger partial charge in [0.05, 0.1) is 12.7 Å². The smallest absolute Gasteiger partial charge is 0.493 e. The zero-order valence-electron chi connectivity index (χ0n) is 12.6. The summed E-state index contributed by atoms with van der Waals surface area (Å²) in [4.78, 5) is 14.1. The average Bonchev–Trinajstić information content (AvgIpc) is 2.53. The van der Waals surface area contributed by atoms with Crippen LogP contribution in [0.15, 0.2) is 18.2 Å². The van der Waals surface area contributed by atoms with Crippen LogP contribution in [0.3, 0.4) is 0 Å². The van der Waals surface area contributed by atoms with Crippen molar-refractivity contribution >= 4 is 5.91 Å². The van der Waals surface area contributed by atoms with Crippen LogP contribution in [0.4, 0.5) is 13.2 Å². The van der Waals surface area contributed by atoms with Crippen LogP contribution < -0.4 is 4.74 Å². The molecule has 0 radical (unpaired) electrons. The number of carbonyl (C=O) groups excluding carboxylic acids is 1. The predicted molar refractivity (Wildman–Crippen MR) is 76.3 cm³/mol. The number of amides is 1. The molecule has 4 nitrogen and oxygen atoms in total. The molecule has 2 aliphatic rings. The number of aryl methyl sites for hydroxylation is 1. The molecule has 2 heterocycles. The normalized spacial score (nSPS) is 19.2. The third kappa shape index (κ3) is 3.96. The second kappa shape index (κ2) is 6.39. The molecule has 0 aliphatic carbocycles. The van der Waals surface area contributed by atoms with E-state index in [1.54, 1.807) is 17.0 Å². The molecule has 0 saturated carbocycles. The van der Waals surface area contributed by atoms with Gasteiger partial charge < -0.3 is 9.64 Å².